The molecule has 1 aromatic carbocycles. The molecule has 1 aliphatic heterocycles. The van der Waals surface area contributed by atoms with Crippen molar-refractivity contribution in [1.29, 1.82) is 0 Å². The first kappa shape index (κ1) is 16.2. The van der Waals surface area contributed by atoms with Crippen molar-refractivity contribution in [3.8, 4) is 0 Å². The van der Waals surface area contributed by atoms with E-state index in [0.717, 1.165) is 0 Å². The van der Waals surface area contributed by atoms with Crippen LogP contribution in [0, 0.1) is 18.7 Å². The lowest BCUT2D eigenvalue weighted by Gasteiger charge is -2.38. The molecule has 0 bridgehead atoms. The second-order valence-electron chi connectivity index (χ2n) is 5.93. The molecule has 2 amide bonds. The number of nitrogens with one attached hydrogen (secondary N) is 1. The third kappa shape index (κ3) is 3.02. The first-order valence-electron chi connectivity index (χ1n) is 7.71. The number of piperidine rings is 1. The first-order valence-corrected chi connectivity index (χ1v) is 7.71. The highest BCUT2D eigenvalue weighted by molar-refractivity contribution is 5.94. The van der Waals surface area contributed by atoms with Gasteiger partial charge in [-0.25, -0.2) is 4.39 Å². The summed E-state index contributed by atoms with van der Waals surface area (Å²) in [5.41, 5.74) is 0.338. The summed E-state index contributed by atoms with van der Waals surface area (Å²) in [6.45, 7) is 1.72. The van der Waals surface area contributed by atoms with E-state index in [1.54, 1.807) is 38.2 Å². The quantitative estimate of drug-likeness (QED) is 0.938. The van der Waals surface area contributed by atoms with Gasteiger partial charge in [0.25, 0.3) is 0 Å². The number of hydrogen-bond acceptors (Lipinski definition) is 4. The second-order valence-corrected chi connectivity index (χ2v) is 5.93. The zero-order valence-corrected chi connectivity index (χ0v) is 13.5. The van der Waals surface area contributed by atoms with Crippen LogP contribution < -0.4 is 5.32 Å². The minimum atomic E-state index is -0.652. The molecule has 3 rings (SSSR count). The molecule has 1 N–H and O–H groups in total. The molecular formula is C17H18FN3O3. The van der Waals surface area contributed by atoms with E-state index in [0.29, 0.717) is 23.6 Å². The molecule has 1 aromatic heterocycles. The SMILES string of the molecule is Cc1cc(NC(=O)[C@@H]2CCC(=O)N(C)[C@@H]2c2ccccc2F)no1. The Hall–Kier alpha value is -2.70. The van der Waals surface area contributed by atoms with Crippen LogP contribution in [0.15, 0.2) is 34.9 Å². The van der Waals surface area contributed by atoms with Gasteiger partial charge < -0.3 is 14.7 Å². The van der Waals surface area contributed by atoms with Crippen molar-refractivity contribution in [2.24, 2.45) is 5.92 Å². The molecular weight excluding hydrogens is 313 g/mol. The van der Waals surface area contributed by atoms with E-state index in [4.69, 9.17) is 4.52 Å². The van der Waals surface area contributed by atoms with Gasteiger partial charge >= 0.3 is 0 Å². The van der Waals surface area contributed by atoms with Crippen molar-refractivity contribution in [3.05, 3.63) is 47.5 Å². The summed E-state index contributed by atoms with van der Waals surface area (Å²) < 4.78 is 19.2. The number of benzene rings is 1. The second kappa shape index (κ2) is 6.43. The molecule has 0 unspecified atom stereocenters. The van der Waals surface area contributed by atoms with Gasteiger partial charge in [0, 0.05) is 25.1 Å². The van der Waals surface area contributed by atoms with Gasteiger partial charge in [-0.05, 0) is 19.4 Å². The monoisotopic (exact) mass is 331 g/mol. The molecule has 2 heterocycles. The van der Waals surface area contributed by atoms with Crippen molar-refractivity contribution in [2.45, 2.75) is 25.8 Å². The average Bonchev–Trinajstić information content (AvgIpc) is 2.95. The van der Waals surface area contributed by atoms with Crippen molar-refractivity contribution >= 4 is 17.6 Å². The Kier molecular flexibility index (Phi) is 4.33. The largest absolute Gasteiger partial charge is 0.360 e. The number of carbonyl (C=O) groups excluding carboxylic acids is 2. The van der Waals surface area contributed by atoms with Gasteiger partial charge in [-0.1, -0.05) is 23.4 Å². The molecule has 0 spiro atoms. The van der Waals surface area contributed by atoms with E-state index in [-0.39, 0.29) is 18.2 Å². The molecule has 6 nitrogen and oxygen atoms in total. The number of aryl methyl sites for hydroxylation is 1. The third-order valence-electron chi connectivity index (χ3n) is 4.30. The van der Waals surface area contributed by atoms with Crippen LogP contribution in [0.2, 0.25) is 0 Å². The summed E-state index contributed by atoms with van der Waals surface area (Å²) in [5.74, 6) is -0.530. The van der Waals surface area contributed by atoms with E-state index in [1.807, 2.05) is 0 Å². The van der Waals surface area contributed by atoms with E-state index < -0.39 is 17.8 Å². The zero-order valence-electron chi connectivity index (χ0n) is 13.5. The predicted molar refractivity (Wildman–Crippen MR) is 84.5 cm³/mol. The highest BCUT2D eigenvalue weighted by Gasteiger charge is 2.40. The van der Waals surface area contributed by atoms with Gasteiger partial charge in [-0.2, -0.15) is 0 Å². The first-order chi connectivity index (χ1) is 11.5. The van der Waals surface area contributed by atoms with Crippen LogP contribution in [0.1, 0.15) is 30.2 Å². The van der Waals surface area contributed by atoms with Gasteiger partial charge in [0.05, 0.1) is 12.0 Å². The van der Waals surface area contributed by atoms with E-state index in [9.17, 15) is 14.0 Å². The minimum Gasteiger partial charge on any atom is -0.360 e. The van der Waals surface area contributed by atoms with Crippen LogP contribution in [0.5, 0.6) is 0 Å². The average molecular weight is 331 g/mol. The van der Waals surface area contributed by atoms with Gasteiger partial charge in [0.15, 0.2) is 5.82 Å². The van der Waals surface area contributed by atoms with E-state index in [2.05, 4.69) is 10.5 Å². The van der Waals surface area contributed by atoms with E-state index in [1.165, 1.54) is 11.0 Å². The Balaban J connectivity index is 1.90. The summed E-state index contributed by atoms with van der Waals surface area (Å²) in [7, 11) is 1.60. The summed E-state index contributed by atoms with van der Waals surface area (Å²) >= 11 is 0. The van der Waals surface area contributed by atoms with Crippen LogP contribution >= 0.6 is 0 Å². The lowest BCUT2D eigenvalue weighted by Crippen LogP contribution is -2.45. The number of halogens is 1. The van der Waals surface area contributed by atoms with Gasteiger partial charge in [0.2, 0.25) is 11.8 Å². The number of amides is 2. The maximum atomic E-state index is 14.2. The van der Waals surface area contributed by atoms with Crippen LogP contribution in [-0.4, -0.2) is 28.9 Å². The normalized spacial score (nSPS) is 21.0. The molecule has 2 aromatic rings. The van der Waals surface area contributed by atoms with Crippen LogP contribution in [-0.2, 0) is 9.59 Å². The number of nitrogens with zero attached hydrogens (tertiary/aromatic N) is 2. The van der Waals surface area contributed by atoms with E-state index >= 15 is 0 Å². The Labute approximate surface area is 138 Å². The van der Waals surface area contributed by atoms with Crippen LogP contribution in [0.25, 0.3) is 0 Å². The number of rotatable bonds is 3. The zero-order chi connectivity index (χ0) is 17.3. The maximum Gasteiger partial charge on any atom is 0.231 e. The highest BCUT2D eigenvalue weighted by Crippen LogP contribution is 2.37. The lowest BCUT2D eigenvalue weighted by molar-refractivity contribution is -0.140. The molecule has 7 heteroatoms. The number of likely N-dealkylation sites (tertiary alicyclic amines) is 1. The lowest BCUT2D eigenvalue weighted by atomic mass is 9.83. The third-order valence-corrected chi connectivity index (χ3v) is 4.30. The number of aromatic nitrogens is 1. The van der Waals surface area contributed by atoms with Crippen LogP contribution in [0.4, 0.5) is 10.2 Å². The minimum absolute atomic E-state index is 0.107. The van der Waals surface area contributed by atoms with Gasteiger partial charge in [0.1, 0.15) is 11.6 Å². The molecule has 1 saturated heterocycles. The molecule has 0 saturated carbocycles. The Morgan fingerprint density at radius 1 is 1.42 bits per heavy atom. The highest BCUT2D eigenvalue weighted by atomic mass is 19.1. The van der Waals surface area contributed by atoms with Crippen molar-refractivity contribution < 1.29 is 18.5 Å². The molecule has 0 aliphatic carbocycles. The Morgan fingerprint density at radius 2 is 2.17 bits per heavy atom. The van der Waals surface area contributed by atoms with Crippen molar-refractivity contribution in [2.75, 3.05) is 12.4 Å². The van der Waals surface area contributed by atoms with Crippen LogP contribution in [0.3, 0.4) is 0 Å². The molecule has 0 radical (unpaired) electrons. The number of hydrogen-bond donors (Lipinski definition) is 1. The summed E-state index contributed by atoms with van der Waals surface area (Å²) in [6.07, 6.45) is 0.599. The fourth-order valence-corrected chi connectivity index (χ4v) is 3.10. The summed E-state index contributed by atoms with van der Waals surface area (Å²) in [5, 5.41) is 6.42. The molecule has 1 fully saturated rings. The molecule has 1 aliphatic rings. The topological polar surface area (TPSA) is 75.4 Å². The summed E-state index contributed by atoms with van der Waals surface area (Å²) in [6, 6.07) is 7.17. The number of anilines is 1. The molecule has 126 valence electrons. The maximum absolute atomic E-state index is 14.2. The van der Waals surface area contributed by atoms with Crippen molar-refractivity contribution in [3.63, 3.8) is 0 Å². The van der Waals surface area contributed by atoms with Gasteiger partial charge in [-0.15, -0.1) is 0 Å². The fraction of sp³-hybridized carbons (Fsp3) is 0.353. The standard InChI is InChI=1S/C17H18FN3O3/c1-10-9-14(20-24-10)19-17(23)12-7-8-15(22)21(2)16(12)11-5-3-4-6-13(11)18/h3-6,9,12,16H,7-8H2,1-2H3,(H,19,20,23)/t12-,16-/m1/s1. The summed E-state index contributed by atoms with van der Waals surface area (Å²) in [4.78, 5) is 26.2. The number of carbonyl (C=O) groups is 2. The molecule has 24 heavy (non-hydrogen) atoms. The predicted octanol–water partition coefficient (Wildman–Crippen LogP) is 2.67. The van der Waals surface area contributed by atoms with Gasteiger partial charge in [-0.3, -0.25) is 9.59 Å². The van der Waals surface area contributed by atoms with Crippen molar-refractivity contribution in [1.82, 2.24) is 10.1 Å². The molecule has 2 atom stereocenters. The Bertz CT molecular complexity index is 774. The fourth-order valence-electron chi connectivity index (χ4n) is 3.10. The Morgan fingerprint density at radius 3 is 2.83 bits per heavy atom. The smallest absolute Gasteiger partial charge is 0.231 e.